The molecular formula is C29H49N9+2. The van der Waals surface area contributed by atoms with Gasteiger partial charge in [-0.05, 0) is 65.6 Å². The fourth-order valence-corrected chi connectivity index (χ4v) is 3.57. The Morgan fingerprint density at radius 1 is 1.18 bits per heavy atom. The van der Waals surface area contributed by atoms with Crippen molar-refractivity contribution in [1.29, 1.82) is 5.41 Å². The van der Waals surface area contributed by atoms with E-state index in [0.717, 1.165) is 29.3 Å². The minimum absolute atomic E-state index is 0.456. The van der Waals surface area contributed by atoms with Crippen molar-refractivity contribution in [3.63, 3.8) is 0 Å². The number of aromatic nitrogens is 4. The van der Waals surface area contributed by atoms with Crippen LogP contribution in [0.15, 0.2) is 53.9 Å². The van der Waals surface area contributed by atoms with Gasteiger partial charge < -0.3 is 16.0 Å². The summed E-state index contributed by atoms with van der Waals surface area (Å²) in [6.45, 7) is 17.8. The molecule has 9 heteroatoms. The van der Waals surface area contributed by atoms with Crippen molar-refractivity contribution < 1.29 is 9.14 Å². The Morgan fingerprint density at radius 3 is 2.18 bits per heavy atom. The minimum atomic E-state index is -0.456. The number of nitrogens with one attached hydrogen (secondary N) is 1. The van der Waals surface area contributed by atoms with E-state index in [-0.39, 0.29) is 0 Å². The summed E-state index contributed by atoms with van der Waals surface area (Å²) in [5.41, 5.74) is 15.2. The lowest BCUT2D eigenvalue weighted by Gasteiger charge is -2.24. The quantitative estimate of drug-likeness (QED) is 0.256. The molecule has 9 nitrogen and oxygen atoms in total. The Labute approximate surface area is 229 Å². The molecule has 2 heterocycles. The molecule has 0 amide bonds. The van der Waals surface area contributed by atoms with Crippen LogP contribution in [0, 0.1) is 26.2 Å². The molecule has 0 aliphatic carbocycles. The zero-order chi connectivity index (χ0) is 29.6. The lowest BCUT2D eigenvalue weighted by molar-refractivity contribution is -0.659. The van der Waals surface area contributed by atoms with E-state index in [4.69, 9.17) is 16.1 Å². The second-order valence-electron chi connectivity index (χ2n) is 8.86. The van der Waals surface area contributed by atoms with Gasteiger partial charge in [0.1, 0.15) is 17.9 Å². The van der Waals surface area contributed by atoms with Gasteiger partial charge in [-0.25, -0.2) is 23.7 Å². The average molecular weight is 524 g/mol. The van der Waals surface area contributed by atoms with Gasteiger partial charge in [0.2, 0.25) is 5.95 Å². The number of rotatable bonds is 6. The van der Waals surface area contributed by atoms with Crippen molar-refractivity contribution in [3.8, 4) is 11.4 Å². The smallest absolute Gasteiger partial charge is 0.289 e. The highest BCUT2D eigenvalue weighted by Crippen LogP contribution is 2.29. The van der Waals surface area contributed by atoms with Crippen molar-refractivity contribution in [2.45, 2.75) is 54.0 Å². The minimum Gasteiger partial charge on any atom is -0.405 e. The molecule has 2 aromatic heterocycles. The van der Waals surface area contributed by atoms with E-state index in [1.807, 2.05) is 45.4 Å². The SMILES string of the molecule is C=[N+](C)C=N.CC.CN.Cc1ccccc1-c1n(C(C)(C)C(/C=C\N)=N/c2nc(C)c(C)n2C)cc[n+]1C. The first-order chi connectivity index (χ1) is 17.9. The average Bonchev–Trinajstić information content (AvgIpc) is 3.41. The van der Waals surface area contributed by atoms with Gasteiger partial charge in [0.25, 0.3) is 12.2 Å². The van der Waals surface area contributed by atoms with Gasteiger partial charge in [-0.3, -0.25) is 0 Å². The molecule has 0 saturated heterocycles. The second-order valence-corrected chi connectivity index (χ2v) is 8.86. The van der Waals surface area contributed by atoms with Crippen LogP contribution < -0.4 is 16.0 Å². The number of aryl methyl sites for hydroxylation is 3. The zero-order valence-electron chi connectivity index (χ0n) is 25.2. The summed E-state index contributed by atoms with van der Waals surface area (Å²) in [5, 5.41) is 6.40. The number of aliphatic imine (C=N–C) groups is 1. The maximum absolute atomic E-state index is 6.40. The van der Waals surface area contributed by atoms with Crippen LogP contribution in [-0.4, -0.2) is 51.6 Å². The summed E-state index contributed by atoms with van der Waals surface area (Å²) in [6.07, 6.45) is 8.71. The molecule has 0 aliphatic heterocycles. The summed E-state index contributed by atoms with van der Waals surface area (Å²) in [7, 11) is 7.25. The predicted molar refractivity (Wildman–Crippen MR) is 162 cm³/mol. The van der Waals surface area contributed by atoms with Crippen molar-refractivity contribution in [2.24, 2.45) is 30.6 Å². The fraction of sp³-hybridized carbons (Fsp3) is 0.414. The summed E-state index contributed by atoms with van der Waals surface area (Å²) >= 11 is 0. The van der Waals surface area contributed by atoms with E-state index in [2.05, 4.69) is 91.0 Å². The highest BCUT2D eigenvalue weighted by Gasteiger charge is 2.36. The number of nitrogens with two attached hydrogens (primary N) is 2. The van der Waals surface area contributed by atoms with Crippen LogP contribution in [0.4, 0.5) is 5.95 Å². The molecule has 0 saturated carbocycles. The molecule has 38 heavy (non-hydrogen) atoms. The molecule has 0 aliphatic rings. The zero-order valence-corrected chi connectivity index (χ0v) is 25.2. The third kappa shape index (κ3) is 8.34. The van der Waals surface area contributed by atoms with E-state index >= 15 is 0 Å². The lowest BCUT2D eigenvalue weighted by atomic mass is 9.96. The van der Waals surface area contributed by atoms with Crippen LogP contribution in [0.1, 0.15) is 44.6 Å². The molecule has 0 unspecified atom stereocenters. The molecule has 1 aromatic carbocycles. The van der Waals surface area contributed by atoms with Gasteiger partial charge in [0.05, 0.1) is 37.8 Å². The fourth-order valence-electron chi connectivity index (χ4n) is 3.57. The molecule has 3 aromatic rings. The monoisotopic (exact) mass is 523 g/mol. The third-order valence-electron chi connectivity index (χ3n) is 5.91. The number of hydrogen-bond donors (Lipinski definition) is 3. The van der Waals surface area contributed by atoms with Crippen molar-refractivity contribution >= 4 is 24.7 Å². The molecule has 208 valence electrons. The predicted octanol–water partition coefficient (Wildman–Crippen LogP) is 4.16. The molecule has 0 bridgehead atoms. The first-order valence-electron chi connectivity index (χ1n) is 12.7. The highest BCUT2D eigenvalue weighted by atomic mass is 15.2. The Kier molecular flexibility index (Phi) is 14.5. The van der Waals surface area contributed by atoms with Crippen LogP contribution in [0.5, 0.6) is 0 Å². The molecule has 0 fully saturated rings. The number of benzene rings is 1. The first kappa shape index (κ1) is 34.1. The normalized spacial score (nSPS) is 11.0. The van der Waals surface area contributed by atoms with Gasteiger partial charge in [-0.1, -0.05) is 32.0 Å². The maximum atomic E-state index is 6.40. The van der Waals surface area contributed by atoms with E-state index in [9.17, 15) is 0 Å². The van der Waals surface area contributed by atoms with E-state index in [1.165, 1.54) is 22.8 Å². The largest absolute Gasteiger partial charge is 0.405 e. The number of allylic oxidation sites excluding steroid dienone is 1. The molecule has 0 spiro atoms. The van der Waals surface area contributed by atoms with Gasteiger partial charge >= 0.3 is 0 Å². The van der Waals surface area contributed by atoms with Crippen molar-refractivity contribution in [3.05, 3.63) is 65.9 Å². The van der Waals surface area contributed by atoms with Crippen molar-refractivity contribution in [1.82, 2.24) is 14.1 Å². The van der Waals surface area contributed by atoms with Crippen LogP contribution >= 0.6 is 0 Å². The van der Waals surface area contributed by atoms with Gasteiger partial charge in [-0.2, -0.15) is 0 Å². The first-order valence-corrected chi connectivity index (χ1v) is 12.7. The Morgan fingerprint density at radius 2 is 1.74 bits per heavy atom. The second kappa shape index (κ2) is 16.1. The van der Waals surface area contributed by atoms with E-state index in [0.29, 0.717) is 5.95 Å². The topological polar surface area (TPSA) is 118 Å². The van der Waals surface area contributed by atoms with Crippen LogP contribution in [0.25, 0.3) is 11.4 Å². The van der Waals surface area contributed by atoms with Crippen LogP contribution in [0.2, 0.25) is 0 Å². The van der Waals surface area contributed by atoms with Gasteiger partial charge in [-0.15, -0.1) is 5.41 Å². The standard InChI is InChI=1S/C23H31N6.C3H7N2.C2H6.CH5N/c1-16-10-8-9-11-19(16)21-27(6)14-15-29(21)23(4,5)20(12-13-24)26-22-25-17(2)18(3)28(22)7;1-5(2)3-4;2*1-2/h8-15H,24H2,1-7H3;3-4H,1H2,2H3;1-2H3;2H2,1H3/q2*+1;;/b13-12-,26-20+;;;. The van der Waals surface area contributed by atoms with Gasteiger partial charge in [0, 0.05) is 12.7 Å². The summed E-state index contributed by atoms with van der Waals surface area (Å²) < 4.78 is 7.81. The maximum Gasteiger partial charge on any atom is 0.289 e. The number of nitrogens with zero attached hydrogens (tertiary/aromatic N) is 6. The Balaban J connectivity index is 0.00000134. The number of imidazole rings is 2. The van der Waals surface area contributed by atoms with Gasteiger partial charge in [0.15, 0.2) is 0 Å². The lowest BCUT2D eigenvalue weighted by Crippen LogP contribution is -2.39. The molecule has 0 atom stereocenters. The summed E-state index contributed by atoms with van der Waals surface area (Å²) in [5.74, 6) is 1.79. The Bertz CT molecular complexity index is 1240. The number of hydrogen-bond acceptors (Lipinski definition) is 5. The third-order valence-corrected chi connectivity index (χ3v) is 5.91. The summed E-state index contributed by atoms with van der Waals surface area (Å²) in [6, 6.07) is 8.42. The highest BCUT2D eigenvalue weighted by molar-refractivity contribution is 6.02. The molecule has 3 rings (SSSR count). The van der Waals surface area contributed by atoms with E-state index < -0.39 is 5.54 Å². The van der Waals surface area contributed by atoms with E-state index in [1.54, 1.807) is 13.2 Å². The summed E-state index contributed by atoms with van der Waals surface area (Å²) in [4.78, 5) is 9.54. The van der Waals surface area contributed by atoms with Crippen molar-refractivity contribution in [2.75, 3.05) is 14.1 Å². The molecule has 0 radical (unpaired) electrons. The molecule has 5 N–H and O–H groups in total. The molecular weight excluding hydrogens is 474 g/mol. The van der Waals surface area contributed by atoms with Crippen LogP contribution in [0.3, 0.4) is 0 Å². The Hall–Kier alpha value is -3.85. The van der Waals surface area contributed by atoms with Crippen LogP contribution in [-0.2, 0) is 19.6 Å².